The summed E-state index contributed by atoms with van der Waals surface area (Å²) in [6, 6.07) is 3.20. The highest BCUT2D eigenvalue weighted by Crippen LogP contribution is 2.17. The fourth-order valence-electron chi connectivity index (χ4n) is 1.42. The van der Waals surface area contributed by atoms with E-state index < -0.39 is 12.4 Å². The number of esters is 1. The average Bonchev–Trinajstić information content (AvgIpc) is 2.87. The van der Waals surface area contributed by atoms with Crippen LogP contribution in [0.25, 0.3) is 0 Å². The third-order valence-corrected chi connectivity index (χ3v) is 3.52. The van der Waals surface area contributed by atoms with Gasteiger partial charge in [0.05, 0.1) is 11.5 Å². The minimum atomic E-state index is -0.472. The maximum atomic E-state index is 11.7. The summed E-state index contributed by atoms with van der Waals surface area (Å²) >= 11 is 1.13. The first-order valence-electron chi connectivity index (χ1n) is 6.04. The number of ether oxygens (including phenoxy) is 3. The molecule has 7 heteroatoms. The van der Waals surface area contributed by atoms with Gasteiger partial charge in [0.25, 0.3) is 0 Å². The molecule has 0 N–H and O–H groups in total. The number of hydrogen-bond donors (Lipinski definition) is 0. The number of thiophene rings is 1. The summed E-state index contributed by atoms with van der Waals surface area (Å²) in [7, 11) is 5.16. The second kappa shape index (κ2) is 8.11. The molecule has 1 aromatic rings. The predicted molar refractivity (Wildman–Crippen MR) is 75.0 cm³/mol. The molecule has 0 aliphatic carbocycles. The van der Waals surface area contributed by atoms with Crippen LogP contribution >= 0.6 is 11.3 Å². The number of carbonyl (C=O) groups is 2. The van der Waals surface area contributed by atoms with Crippen molar-refractivity contribution in [2.24, 2.45) is 0 Å². The van der Waals surface area contributed by atoms with E-state index in [1.54, 1.807) is 17.0 Å². The molecule has 0 saturated heterocycles. The maximum Gasteiger partial charge on any atom is 0.348 e. The summed E-state index contributed by atoms with van der Waals surface area (Å²) in [6.45, 7) is 1.81. The van der Waals surface area contributed by atoms with Gasteiger partial charge in [-0.1, -0.05) is 0 Å². The molecule has 0 amide bonds. The zero-order valence-corrected chi connectivity index (χ0v) is 12.9. The molecular weight excluding hydrogens is 282 g/mol. The smallest absolute Gasteiger partial charge is 0.348 e. The van der Waals surface area contributed by atoms with Crippen LogP contribution in [0.2, 0.25) is 0 Å². The number of carbonyl (C=O) groups excluding carboxylic acids is 2. The molecule has 1 heterocycles. The Morgan fingerprint density at radius 1 is 1.25 bits per heavy atom. The largest absolute Gasteiger partial charge is 0.459 e. The van der Waals surface area contributed by atoms with Gasteiger partial charge < -0.3 is 14.2 Å². The quantitative estimate of drug-likeness (QED) is 0.315. The predicted octanol–water partition coefficient (Wildman–Crippen LogP) is 1.62. The van der Waals surface area contributed by atoms with Crippen LogP contribution in [0, 0.1) is 0 Å². The van der Waals surface area contributed by atoms with E-state index in [1.807, 2.05) is 14.1 Å². The Hall–Kier alpha value is -1.28. The minimum absolute atomic E-state index is 0.0636. The van der Waals surface area contributed by atoms with Gasteiger partial charge in [0.1, 0.15) is 11.5 Å². The lowest BCUT2D eigenvalue weighted by Crippen LogP contribution is -2.33. The molecule has 0 saturated carbocycles. The number of hydrogen-bond acceptors (Lipinski definition) is 7. The van der Waals surface area contributed by atoms with Gasteiger partial charge in [-0.15, -0.1) is 11.3 Å². The summed E-state index contributed by atoms with van der Waals surface area (Å²) < 4.78 is 15.5. The molecule has 1 rings (SSSR count). The minimum Gasteiger partial charge on any atom is -0.459 e. The molecule has 112 valence electrons. The van der Waals surface area contributed by atoms with E-state index in [0.717, 1.165) is 11.3 Å². The molecule has 0 radical (unpaired) electrons. The molecular formula is C13H19NO5S. The van der Waals surface area contributed by atoms with E-state index in [-0.39, 0.29) is 19.0 Å². The Balaban J connectivity index is 2.34. The van der Waals surface area contributed by atoms with Gasteiger partial charge in [0.15, 0.2) is 5.78 Å². The first-order valence-corrected chi connectivity index (χ1v) is 6.86. The maximum absolute atomic E-state index is 11.7. The van der Waals surface area contributed by atoms with Gasteiger partial charge in [-0.25, -0.2) is 4.79 Å². The van der Waals surface area contributed by atoms with E-state index >= 15 is 0 Å². The zero-order chi connectivity index (χ0) is 15.1. The van der Waals surface area contributed by atoms with E-state index in [4.69, 9.17) is 14.2 Å². The Labute approximate surface area is 122 Å². The molecule has 1 atom stereocenters. The second-order valence-electron chi connectivity index (χ2n) is 4.23. The SMILES string of the molecule is COC(OCCOC(=O)c1ccc(C(C)=O)s1)N(C)C. The van der Waals surface area contributed by atoms with Gasteiger partial charge in [-0.05, 0) is 33.2 Å². The Bertz CT molecular complexity index is 457. The van der Waals surface area contributed by atoms with Crippen LogP contribution in [-0.2, 0) is 14.2 Å². The van der Waals surface area contributed by atoms with Gasteiger partial charge >= 0.3 is 5.97 Å². The third-order valence-electron chi connectivity index (χ3n) is 2.35. The van der Waals surface area contributed by atoms with Crippen molar-refractivity contribution in [3.8, 4) is 0 Å². The molecule has 0 spiro atoms. The molecule has 0 aliphatic rings. The topological polar surface area (TPSA) is 65.1 Å². The normalized spacial score (nSPS) is 12.4. The van der Waals surface area contributed by atoms with E-state index in [9.17, 15) is 9.59 Å². The summed E-state index contributed by atoms with van der Waals surface area (Å²) in [5.74, 6) is -0.517. The number of Topliss-reactive ketones (excluding diaryl/α,β-unsaturated/α-hetero) is 1. The van der Waals surface area contributed by atoms with E-state index in [2.05, 4.69) is 0 Å². The molecule has 0 fully saturated rings. The van der Waals surface area contributed by atoms with Crippen molar-refractivity contribution >= 4 is 23.1 Å². The molecule has 0 aromatic carbocycles. The van der Waals surface area contributed by atoms with Crippen molar-refractivity contribution in [3.63, 3.8) is 0 Å². The Morgan fingerprint density at radius 2 is 1.90 bits per heavy atom. The first-order chi connectivity index (χ1) is 9.45. The van der Waals surface area contributed by atoms with Crippen LogP contribution < -0.4 is 0 Å². The highest BCUT2D eigenvalue weighted by atomic mass is 32.1. The lowest BCUT2D eigenvalue weighted by Gasteiger charge is -2.22. The van der Waals surface area contributed by atoms with Crippen molar-refractivity contribution in [1.82, 2.24) is 4.90 Å². The second-order valence-corrected chi connectivity index (χ2v) is 5.32. The average molecular weight is 301 g/mol. The molecule has 0 aliphatic heterocycles. The third kappa shape index (κ3) is 5.01. The van der Waals surface area contributed by atoms with Crippen LogP contribution in [-0.4, -0.2) is 57.5 Å². The summed E-state index contributed by atoms with van der Waals surface area (Å²) in [5.41, 5.74) is 0. The van der Waals surface area contributed by atoms with Crippen molar-refractivity contribution < 1.29 is 23.8 Å². The zero-order valence-electron chi connectivity index (χ0n) is 12.0. The number of methoxy groups -OCH3 is 1. The number of ketones is 1. The summed E-state index contributed by atoms with van der Waals surface area (Å²) in [4.78, 5) is 25.5. The van der Waals surface area contributed by atoms with Crippen LogP contribution in [0.5, 0.6) is 0 Å². The van der Waals surface area contributed by atoms with Gasteiger partial charge in [0.2, 0.25) is 6.41 Å². The lowest BCUT2D eigenvalue weighted by molar-refractivity contribution is -0.199. The van der Waals surface area contributed by atoms with Crippen molar-refractivity contribution in [2.45, 2.75) is 13.3 Å². The summed E-state index contributed by atoms with van der Waals surface area (Å²) in [5, 5.41) is 0. The van der Waals surface area contributed by atoms with Crippen LogP contribution in [0.3, 0.4) is 0 Å². The van der Waals surface area contributed by atoms with Crippen molar-refractivity contribution in [2.75, 3.05) is 34.4 Å². The van der Waals surface area contributed by atoms with Gasteiger partial charge in [-0.3, -0.25) is 9.69 Å². The first kappa shape index (κ1) is 16.8. The fourth-order valence-corrected chi connectivity index (χ4v) is 2.21. The van der Waals surface area contributed by atoms with E-state index in [0.29, 0.717) is 9.75 Å². The Morgan fingerprint density at radius 3 is 2.40 bits per heavy atom. The number of rotatable bonds is 8. The van der Waals surface area contributed by atoms with Crippen LogP contribution in [0.1, 0.15) is 26.3 Å². The molecule has 0 bridgehead atoms. The fraction of sp³-hybridized carbons (Fsp3) is 0.538. The highest BCUT2D eigenvalue weighted by Gasteiger charge is 2.13. The van der Waals surface area contributed by atoms with Crippen molar-refractivity contribution in [3.05, 3.63) is 21.9 Å². The van der Waals surface area contributed by atoms with Gasteiger partial charge in [0, 0.05) is 7.11 Å². The summed E-state index contributed by atoms with van der Waals surface area (Å²) in [6.07, 6.45) is -0.472. The highest BCUT2D eigenvalue weighted by molar-refractivity contribution is 7.15. The molecule has 1 unspecified atom stereocenters. The van der Waals surface area contributed by atoms with Crippen molar-refractivity contribution in [1.29, 1.82) is 0 Å². The standard InChI is InChI=1S/C13H19NO5S/c1-9(15)10-5-6-11(20-10)12(16)18-7-8-19-13(17-4)14(2)3/h5-6,13H,7-8H2,1-4H3. The van der Waals surface area contributed by atoms with Crippen LogP contribution in [0.4, 0.5) is 0 Å². The number of nitrogens with zero attached hydrogens (tertiary/aromatic N) is 1. The van der Waals surface area contributed by atoms with E-state index in [1.165, 1.54) is 14.0 Å². The van der Waals surface area contributed by atoms with Gasteiger partial charge in [-0.2, -0.15) is 0 Å². The molecule has 20 heavy (non-hydrogen) atoms. The molecule has 1 aromatic heterocycles. The van der Waals surface area contributed by atoms with Crippen LogP contribution in [0.15, 0.2) is 12.1 Å². The molecule has 6 nitrogen and oxygen atoms in total. The lowest BCUT2D eigenvalue weighted by atomic mass is 10.3. The monoisotopic (exact) mass is 301 g/mol. The Kier molecular flexibility index (Phi) is 6.80.